The summed E-state index contributed by atoms with van der Waals surface area (Å²) in [7, 11) is 0. The van der Waals surface area contributed by atoms with E-state index < -0.39 is 17.9 Å². The first kappa shape index (κ1) is 19.7. The van der Waals surface area contributed by atoms with E-state index in [0.29, 0.717) is 11.5 Å². The van der Waals surface area contributed by atoms with Crippen LogP contribution in [0.5, 0.6) is 0 Å². The van der Waals surface area contributed by atoms with Gasteiger partial charge in [-0.1, -0.05) is 48.5 Å². The number of hydrogen-bond acceptors (Lipinski definition) is 7. The Morgan fingerprint density at radius 3 is 2.42 bits per heavy atom. The molecule has 1 saturated heterocycles. The predicted octanol–water partition coefficient (Wildman–Crippen LogP) is 2.21. The van der Waals surface area contributed by atoms with Gasteiger partial charge in [0, 0.05) is 24.0 Å². The molecule has 0 aliphatic carbocycles. The van der Waals surface area contributed by atoms with Crippen LogP contribution in [-0.2, 0) is 10.5 Å². The summed E-state index contributed by atoms with van der Waals surface area (Å²) in [6, 6.07) is 19.6. The highest BCUT2D eigenvalue weighted by Gasteiger charge is 2.50. The summed E-state index contributed by atoms with van der Waals surface area (Å²) in [4.78, 5) is 9.00. The Labute approximate surface area is 178 Å². The van der Waals surface area contributed by atoms with Crippen molar-refractivity contribution in [2.45, 2.75) is 17.9 Å². The lowest BCUT2D eigenvalue weighted by molar-refractivity contribution is -0.114. The fraction of sp³-hybridized carbons (Fsp3) is 0.217. The van der Waals surface area contributed by atoms with Crippen LogP contribution in [0.4, 0.5) is 11.5 Å². The van der Waals surface area contributed by atoms with Gasteiger partial charge in [0.1, 0.15) is 30.0 Å². The van der Waals surface area contributed by atoms with Gasteiger partial charge >= 0.3 is 0 Å². The third-order valence-electron chi connectivity index (χ3n) is 5.74. The highest BCUT2D eigenvalue weighted by Crippen LogP contribution is 2.40. The van der Waals surface area contributed by atoms with Gasteiger partial charge in [0.2, 0.25) is 0 Å². The van der Waals surface area contributed by atoms with Crippen molar-refractivity contribution in [3.05, 3.63) is 73.2 Å². The van der Waals surface area contributed by atoms with Gasteiger partial charge in [-0.15, -0.1) is 0 Å². The summed E-state index contributed by atoms with van der Waals surface area (Å²) in [5, 5.41) is 25.1. The Balaban J connectivity index is 1.76. The highest BCUT2D eigenvalue weighted by molar-refractivity contribution is 6.02. The lowest BCUT2D eigenvalue weighted by Crippen LogP contribution is -2.50. The summed E-state index contributed by atoms with van der Waals surface area (Å²) in [5.41, 5.74) is 8.00. The van der Waals surface area contributed by atoms with E-state index >= 15 is 0 Å². The smallest absolute Gasteiger partial charge is 0.187 e. The van der Waals surface area contributed by atoms with E-state index in [2.05, 4.69) is 15.3 Å². The van der Waals surface area contributed by atoms with E-state index in [1.165, 1.54) is 6.33 Å². The number of nitrogens with zero attached hydrogens (tertiary/aromatic N) is 3. The molecule has 31 heavy (non-hydrogen) atoms. The lowest BCUT2D eigenvalue weighted by atomic mass is 10.0. The van der Waals surface area contributed by atoms with Crippen molar-refractivity contribution in [1.82, 2.24) is 14.5 Å². The zero-order valence-corrected chi connectivity index (χ0v) is 16.7. The normalized spacial score (nSPS) is 23.3. The number of benzene rings is 2. The monoisotopic (exact) mass is 417 g/mol. The van der Waals surface area contributed by atoms with E-state index in [9.17, 15) is 10.2 Å². The van der Waals surface area contributed by atoms with Gasteiger partial charge in [0.25, 0.3) is 0 Å². The molecule has 3 heterocycles. The lowest BCUT2D eigenvalue weighted by Gasteiger charge is -2.32. The molecule has 8 nitrogen and oxygen atoms in total. The van der Waals surface area contributed by atoms with Crippen LogP contribution in [0.1, 0.15) is 0 Å². The maximum absolute atomic E-state index is 10.8. The van der Waals surface area contributed by atoms with E-state index in [-0.39, 0.29) is 13.2 Å². The Hall–Kier alpha value is -3.30. The van der Waals surface area contributed by atoms with Crippen LogP contribution in [0.25, 0.3) is 22.2 Å². The topological polar surface area (TPSA) is 118 Å². The molecule has 0 saturated carbocycles. The molecule has 5 rings (SSSR count). The van der Waals surface area contributed by atoms with Crippen LogP contribution >= 0.6 is 0 Å². The number of nitrogens with two attached hydrogens (primary N) is 1. The van der Waals surface area contributed by atoms with Gasteiger partial charge in [-0.05, 0) is 17.7 Å². The molecular weight excluding hydrogens is 394 g/mol. The largest absolute Gasteiger partial charge is 0.388 e. The van der Waals surface area contributed by atoms with Gasteiger partial charge in [0.05, 0.1) is 12.0 Å². The minimum absolute atomic E-state index is 0.0150. The second-order valence-electron chi connectivity index (χ2n) is 7.56. The number of hydrogen-bond donors (Lipinski definition) is 4. The van der Waals surface area contributed by atoms with Crippen molar-refractivity contribution in [1.29, 1.82) is 0 Å². The molecule has 0 spiro atoms. The maximum Gasteiger partial charge on any atom is 0.187 e. The van der Waals surface area contributed by atoms with Crippen molar-refractivity contribution < 1.29 is 14.9 Å². The summed E-state index contributed by atoms with van der Waals surface area (Å²) >= 11 is 0. The van der Waals surface area contributed by atoms with Gasteiger partial charge in [-0.2, -0.15) is 0 Å². The first-order valence-corrected chi connectivity index (χ1v) is 10.1. The summed E-state index contributed by atoms with van der Waals surface area (Å²) < 4.78 is 7.60. The number of aliphatic hydroxyl groups is 2. The fourth-order valence-electron chi connectivity index (χ4n) is 4.14. The van der Waals surface area contributed by atoms with E-state index in [1.807, 2.05) is 66.9 Å². The Morgan fingerprint density at radius 1 is 1.06 bits per heavy atom. The molecule has 2 aromatic carbocycles. The molecule has 5 N–H and O–H groups in total. The maximum atomic E-state index is 10.8. The Kier molecular flexibility index (Phi) is 4.91. The number of aromatic nitrogens is 3. The molecule has 2 aromatic heterocycles. The molecule has 0 unspecified atom stereocenters. The number of aliphatic hydroxyl groups excluding tert-OH is 2. The summed E-state index contributed by atoms with van der Waals surface area (Å²) in [6.07, 6.45) is 1.09. The van der Waals surface area contributed by atoms with Crippen molar-refractivity contribution in [2.24, 2.45) is 5.73 Å². The summed E-state index contributed by atoms with van der Waals surface area (Å²) in [5.74, 6) is 0.619. The SMILES string of the molecule is NC[C@]1(n2cc(-c3ccccc3)c3c(Nc4ccccc4)ncnc32)OC[C@H](O)[C@@H]1O. The molecule has 4 aromatic rings. The van der Waals surface area contributed by atoms with Crippen LogP contribution < -0.4 is 11.1 Å². The average Bonchev–Trinajstić information content (AvgIpc) is 3.35. The van der Waals surface area contributed by atoms with Crippen molar-refractivity contribution >= 4 is 22.5 Å². The first-order valence-electron chi connectivity index (χ1n) is 10.1. The molecule has 8 heteroatoms. The van der Waals surface area contributed by atoms with Crippen LogP contribution in [-0.4, -0.2) is 50.1 Å². The highest BCUT2D eigenvalue weighted by atomic mass is 16.6. The van der Waals surface area contributed by atoms with Crippen LogP contribution in [0.2, 0.25) is 0 Å². The molecule has 1 aliphatic rings. The number of ether oxygens (including phenoxy) is 1. The average molecular weight is 417 g/mol. The second-order valence-corrected chi connectivity index (χ2v) is 7.56. The van der Waals surface area contributed by atoms with Crippen molar-refractivity contribution in [3.63, 3.8) is 0 Å². The van der Waals surface area contributed by atoms with Gasteiger partial charge in [0.15, 0.2) is 5.72 Å². The van der Waals surface area contributed by atoms with Crippen LogP contribution in [0.15, 0.2) is 73.2 Å². The quantitative estimate of drug-likeness (QED) is 0.393. The van der Waals surface area contributed by atoms with Gasteiger partial charge in [-0.3, -0.25) is 4.57 Å². The molecule has 1 fully saturated rings. The predicted molar refractivity (Wildman–Crippen MR) is 118 cm³/mol. The number of para-hydroxylation sites is 1. The van der Waals surface area contributed by atoms with Crippen LogP contribution in [0.3, 0.4) is 0 Å². The molecule has 0 radical (unpaired) electrons. The van der Waals surface area contributed by atoms with Crippen molar-refractivity contribution in [3.8, 4) is 11.1 Å². The molecule has 158 valence electrons. The Morgan fingerprint density at radius 2 is 1.77 bits per heavy atom. The van der Waals surface area contributed by atoms with E-state index in [4.69, 9.17) is 10.5 Å². The minimum atomic E-state index is -1.33. The van der Waals surface area contributed by atoms with Gasteiger partial charge < -0.3 is 26.0 Å². The fourth-order valence-corrected chi connectivity index (χ4v) is 4.14. The molecule has 3 atom stereocenters. The number of nitrogens with one attached hydrogen (secondary N) is 1. The number of rotatable bonds is 5. The summed E-state index contributed by atoms with van der Waals surface area (Å²) in [6.45, 7) is -0.0480. The molecular formula is C23H23N5O3. The number of fused-ring (bicyclic) bond motifs is 1. The minimum Gasteiger partial charge on any atom is -0.388 e. The molecule has 0 bridgehead atoms. The standard InChI is InChI=1S/C23H23N5O3/c24-13-23(20(30)18(29)12-31-23)28-11-17(15-7-3-1-4-8-15)19-21(25-14-26-22(19)28)27-16-9-5-2-6-10-16/h1-11,14,18,20,29-30H,12-13,24H2,(H,25,26,27)/t18-,20-,23-/m0/s1. The first-order chi connectivity index (χ1) is 15.1. The van der Waals surface area contributed by atoms with E-state index in [0.717, 1.165) is 22.2 Å². The van der Waals surface area contributed by atoms with Gasteiger partial charge in [-0.25, -0.2) is 9.97 Å². The third kappa shape index (κ3) is 3.17. The zero-order valence-electron chi connectivity index (χ0n) is 16.7. The number of anilines is 2. The van der Waals surface area contributed by atoms with E-state index in [1.54, 1.807) is 4.57 Å². The second kappa shape index (κ2) is 7.75. The molecule has 0 amide bonds. The Bertz CT molecular complexity index is 1200. The zero-order chi connectivity index (χ0) is 21.4. The third-order valence-corrected chi connectivity index (χ3v) is 5.74. The van der Waals surface area contributed by atoms with Crippen LogP contribution in [0, 0.1) is 0 Å². The van der Waals surface area contributed by atoms with Crippen molar-refractivity contribution in [2.75, 3.05) is 18.5 Å². The molecule has 1 aliphatic heterocycles.